The van der Waals surface area contributed by atoms with Crippen molar-refractivity contribution in [3.05, 3.63) is 66.2 Å². The van der Waals surface area contributed by atoms with E-state index in [9.17, 15) is 14.7 Å². The quantitative estimate of drug-likeness (QED) is 0.703. The van der Waals surface area contributed by atoms with Crippen molar-refractivity contribution in [2.45, 2.75) is 6.92 Å². The van der Waals surface area contributed by atoms with Crippen LogP contribution >= 0.6 is 0 Å². The molecule has 0 atom stereocenters. The molecule has 2 N–H and O–H groups in total. The second-order valence-corrected chi connectivity index (χ2v) is 6.84. The summed E-state index contributed by atoms with van der Waals surface area (Å²) in [5, 5.41) is 14.1. The van der Waals surface area contributed by atoms with Crippen LogP contribution in [0.25, 0.3) is 5.57 Å². The van der Waals surface area contributed by atoms with Crippen LogP contribution < -0.4 is 20.2 Å². The second kappa shape index (κ2) is 9.19. The third-order valence-electron chi connectivity index (χ3n) is 5.05. The van der Waals surface area contributed by atoms with Gasteiger partial charge in [0.1, 0.15) is 0 Å². The fourth-order valence-corrected chi connectivity index (χ4v) is 3.38. The van der Waals surface area contributed by atoms with Crippen LogP contribution in [-0.4, -0.2) is 44.6 Å². The first-order chi connectivity index (χ1) is 13.6. The van der Waals surface area contributed by atoms with E-state index in [0.29, 0.717) is 11.3 Å². The number of nitrogens with one attached hydrogen (secondary N) is 2. The zero-order chi connectivity index (χ0) is 19.9. The minimum Gasteiger partial charge on any atom is -0.545 e. The number of aliphatic carboxylic acids is 1. The first-order valence-electron chi connectivity index (χ1n) is 9.55. The average molecular weight is 379 g/mol. The number of carbonyl (C=O) groups is 2. The molecule has 2 aromatic carbocycles. The molecule has 1 aliphatic rings. The molecular weight excluding hydrogens is 354 g/mol. The summed E-state index contributed by atoms with van der Waals surface area (Å²) in [6, 6.07) is 16.1. The molecule has 1 amide bonds. The van der Waals surface area contributed by atoms with Crippen molar-refractivity contribution in [1.82, 2.24) is 0 Å². The van der Waals surface area contributed by atoms with Gasteiger partial charge in [-0.05, 0) is 36.8 Å². The predicted molar refractivity (Wildman–Crippen MR) is 108 cm³/mol. The minimum atomic E-state index is -1.38. The lowest BCUT2D eigenvalue weighted by molar-refractivity contribution is -0.898. The molecule has 1 saturated heterocycles. The molecule has 0 unspecified atom stereocenters. The number of rotatable bonds is 6. The number of anilines is 2. The van der Waals surface area contributed by atoms with Gasteiger partial charge in [-0.3, -0.25) is 4.79 Å². The lowest BCUT2D eigenvalue weighted by Crippen LogP contribution is -3.14. The molecule has 146 valence electrons. The number of amides is 1. The Hall–Kier alpha value is -3.12. The Balaban J connectivity index is 1.65. The van der Waals surface area contributed by atoms with E-state index < -0.39 is 11.9 Å². The van der Waals surface area contributed by atoms with Crippen molar-refractivity contribution >= 4 is 28.8 Å². The Kier molecular flexibility index (Phi) is 6.45. The Labute approximate surface area is 165 Å². The summed E-state index contributed by atoms with van der Waals surface area (Å²) in [5.74, 6) is -1.89. The van der Waals surface area contributed by atoms with Crippen LogP contribution in [0, 0.1) is 0 Å². The van der Waals surface area contributed by atoms with Crippen LogP contribution in [0.5, 0.6) is 0 Å². The summed E-state index contributed by atoms with van der Waals surface area (Å²) in [7, 11) is 0. The van der Waals surface area contributed by atoms with E-state index in [2.05, 4.69) is 17.1 Å². The Morgan fingerprint density at radius 1 is 1.07 bits per heavy atom. The van der Waals surface area contributed by atoms with Gasteiger partial charge in [-0.2, -0.15) is 0 Å². The maximum Gasteiger partial charge on any atom is 0.249 e. The van der Waals surface area contributed by atoms with Crippen molar-refractivity contribution in [3.63, 3.8) is 0 Å². The van der Waals surface area contributed by atoms with E-state index in [0.717, 1.165) is 44.5 Å². The van der Waals surface area contributed by atoms with Gasteiger partial charge in [0.05, 0.1) is 38.7 Å². The van der Waals surface area contributed by atoms with Gasteiger partial charge < -0.3 is 25.0 Å². The maximum absolute atomic E-state index is 12.3. The monoisotopic (exact) mass is 379 g/mol. The van der Waals surface area contributed by atoms with E-state index in [1.165, 1.54) is 0 Å². The molecule has 0 saturated carbocycles. The molecule has 0 spiro atoms. The minimum absolute atomic E-state index is 0.147. The third-order valence-corrected chi connectivity index (χ3v) is 5.05. The molecule has 0 aromatic heterocycles. The Bertz CT molecular complexity index is 839. The van der Waals surface area contributed by atoms with Crippen molar-refractivity contribution in [1.29, 1.82) is 0 Å². The van der Waals surface area contributed by atoms with Crippen molar-refractivity contribution in [2.24, 2.45) is 0 Å². The number of carboxylic acid groups (broad SMARTS) is 1. The number of benzene rings is 2. The summed E-state index contributed by atoms with van der Waals surface area (Å²) in [6.07, 6.45) is 1.06. The van der Waals surface area contributed by atoms with Gasteiger partial charge in [-0.1, -0.05) is 30.3 Å². The number of hydrogen-bond donors (Lipinski definition) is 2. The van der Waals surface area contributed by atoms with E-state index in [1.807, 2.05) is 24.3 Å². The molecule has 1 aliphatic heterocycles. The Morgan fingerprint density at radius 2 is 1.71 bits per heavy atom. The summed E-state index contributed by atoms with van der Waals surface area (Å²) in [5.41, 5.74) is 2.03. The van der Waals surface area contributed by atoms with Gasteiger partial charge in [0.25, 0.3) is 0 Å². The van der Waals surface area contributed by atoms with Crippen LogP contribution in [-0.2, 0) is 9.59 Å². The Morgan fingerprint density at radius 3 is 2.29 bits per heavy atom. The van der Waals surface area contributed by atoms with Gasteiger partial charge in [-0.15, -0.1) is 0 Å². The highest BCUT2D eigenvalue weighted by Crippen LogP contribution is 2.19. The molecule has 0 aliphatic carbocycles. The van der Waals surface area contributed by atoms with Gasteiger partial charge in [-0.25, -0.2) is 0 Å². The smallest absolute Gasteiger partial charge is 0.249 e. The molecule has 0 bridgehead atoms. The number of quaternary nitrogens is 1. The molecule has 2 aromatic rings. The predicted octanol–water partition coefficient (Wildman–Crippen LogP) is 0.183. The number of piperazine rings is 1. The number of likely N-dealkylation sites (N-methyl/N-ethyl adjacent to an activating group) is 1. The molecule has 6 heteroatoms. The lowest BCUT2D eigenvalue weighted by atomic mass is 10.1. The largest absolute Gasteiger partial charge is 0.545 e. The van der Waals surface area contributed by atoms with E-state index in [-0.39, 0.29) is 5.57 Å². The average Bonchev–Trinajstić information content (AvgIpc) is 2.73. The molecule has 3 rings (SSSR count). The number of hydrogen-bond acceptors (Lipinski definition) is 4. The zero-order valence-electron chi connectivity index (χ0n) is 16.0. The van der Waals surface area contributed by atoms with Crippen LogP contribution in [0.1, 0.15) is 12.5 Å². The van der Waals surface area contributed by atoms with Crippen LogP contribution in [0.2, 0.25) is 0 Å². The molecule has 1 heterocycles. The first kappa shape index (κ1) is 19.6. The van der Waals surface area contributed by atoms with Crippen molar-refractivity contribution < 1.29 is 19.6 Å². The first-order valence-corrected chi connectivity index (χ1v) is 9.55. The van der Waals surface area contributed by atoms with Crippen molar-refractivity contribution in [2.75, 3.05) is 42.9 Å². The van der Waals surface area contributed by atoms with E-state index >= 15 is 0 Å². The molecule has 1 fully saturated rings. The lowest BCUT2D eigenvalue weighted by Gasteiger charge is -2.33. The maximum atomic E-state index is 12.3. The summed E-state index contributed by atoms with van der Waals surface area (Å²) < 4.78 is 0. The van der Waals surface area contributed by atoms with Crippen molar-refractivity contribution in [3.8, 4) is 0 Å². The fourth-order valence-electron chi connectivity index (χ4n) is 3.38. The number of carbonyl (C=O) groups excluding carboxylic acids is 2. The second-order valence-electron chi connectivity index (χ2n) is 6.84. The molecule has 0 radical (unpaired) electrons. The van der Waals surface area contributed by atoms with Crippen LogP contribution in [0.15, 0.2) is 60.7 Å². The van der Waals surface area contributed by atoms with Gasteiger partial charge in [0.15, 0.2) is 0 Å². The SMILES string of the molecule is CC[NH+]1CCN(c2ccc(NC(=O)/C=C(/C(=O)[O-])c3ccccc3)cc2)CC1. The normalized spacial score (nSPS) is 15.3. The molecule has 28 heavy (non-hydrogen) atoms. The molecule has 6 nitrogen and oxygen atoms in total. The van der Waals surface area contributed by atoms with Gasteiger partial charge in [0, 0.05) is 23.0 Å². The topological polar surface area (TPSA) is 76.9 Å². The zero-order valence-corrected chi connectivity index (χ0v) is 16.0. The number of nitrogens with zero attached hydrogens (tertiary/aromatic N) is 1. The van der Waals surface area contributed by atoms with E-state index in [1.54, 1.807) is 35.2 Å². The standard InChI is InChI=1S/C22H25N3O3/c1-2-24-12-14-25(15-13-24)19-10-8-18(9-11-19)23-21(26)16-20(22(27)28)17-6-4-3-5-7-17/h3-11,16H,2,12-15H2,1H3,(H,23,26)(H,27,28)/b20-16+. The van der Waals surface area contributed by atoms with Crippen LogP contribution in [0.4, 0.5) is 11.4 Å². The number of carboxylic acids is 1. The van der Waals surface area contributed by atoms with E-state index in [4.69, 9.17) is 0 Å². The summed E-state index contributed by atoms with van der Waals surface area (Å²) in [6.45, 7) is 7.66. The summed E-state index contributed by atoms with van der Waals surface area (Å²) in [4.78, 5) is 27.6. The molecular formula is C22H25N3O3. The third kappa shape index (κ3) is 4.98. The fraction of sp³-hybridized carbons (Fsp3) is 0.273. The van der Waals surface area contributed by atoms with Crippen LogP contribution in [0.3, 0.4) is 0 Å². The highest BCUT2D eigenvalue weighted by molar-refractivity contribution is 6.21. The summed E-state index contributed by atoms with van der Waals surface area (Å²) >= 11 is 0. The van der Waals surface area contributed by atoms with Gasteiger partial charge in [0.2, 0.25) is 5.91 Å². The van der Waals surface area contributed by atoms with Gasteiger partial charge >= 0.3 is 0 Å². The highest BCUT2D eigenvalue weighted by Gasteiger charge is 2.18. The highest BCUT2D eigenvalue weighted by atomic mass is 16.4.